The highest BCUT2D eigenvalue weighted by atomic mass is 35.5. The number of hydrazine groups is 1. The van der Waals surface area contributed by atoms with Gasteiger partial charge >= 0.3 is 0 Å². The van der Waals surface area contributed by atoms with E-state index in [2.05, 4.69) is 16.8 Å². The molecule has 0 saturated carbocycles. The molecular weight excluding hydrogens is 321 g/mol. The normalized spacial score (nSPS) is 10.5. The maximum atomic E-state index is 12.0. The zero-order chi connectivity index (χ0) is 14.7. The number of nitrogens with one attached hydrogen (secondary N) is 2. The molecule has 2 N–H and O–H groups in total. The highest BCUT2D eigenvalue weighted by Crippen LogP contribution is 2.25. The largest absolute Gasteiger partial charge is 0.324 e. The number of carbonyl (C=O) groups excluding carboxylic acids is 2. The van der Waals surface area contributed by atoms with E-state index in [0.717, 1.165) is 10.2 Å². The number of hydrogen-bond acceptors (Lipinski definition) is 3. The minimum absolute atomic E-state index is 0.255. The lowest BCUT2D eigenvalue weighted by molar-refractivity contribution is -0.120. The van der Waals surface area contributed by atoms with Gasteiger partial charge in [-0.2, -0.15) is 0 Å². The number of terminal acetylenes is 1. The molecule has 20 heavy (non-hydrogen) atoms. The molecule has 2 aromatic rings. The lowest BCUT2D eigenvalue weighted by atomic mass is 10.4. The van der Waals surface area contributed by atoms with Crippen LogP contribution in [0.2, 0.25) is 0 Å². The van der Waals surface area contributed by atoms with Gasteiger partial charge in [-0.3, -0.25) is 20.4 Å². The van der Waals surface area contributed by atoms with Gasteiger partial charge in [-0.15, -0.1) is 17.8 Å². The van der Waals surface area contributed by atoms with E-state index in [9.17, 15) is 9.59 Å². The van der Waals surface area contributed by atoms with Crippen molar-refractivity contribution in [2.24, 2.45) is 0 Å². The Bertz CT molecular complexity index is 699. The van der Waals surface area contributed by atoms with Crippen LogP contribution in [-0.2, 0) is 11.3 Å². The molecule has 0 bridgehead atoms. The Morgan fingerprint density at radius 1 is 1.45 bits per heavy atom. The van der Waals surface area contributed by atoms with Crippen molar-refractivity contribution < 1.29 is 9.59 Å². The Morgan fingerprint density at radius 3 is 2.85 bits per heavy atom. The van der Waals surface area contributed by atoms with Gasteiger partial charge in [0.05, 0.1) is 16.8 Å². The Morgan fingerprint density at radius 2 is 2.20 bits per heavy atom. The van der Waals surface area contributed by atoms with Crippen molar-refractivity contribution in [3.05, 3.63) is 23.2 Å². The monoisotopic (exact) mass is 329 g/mol. The molecule has 0 aliphatic rings. The van der Waals surface area contributed by atoms with Gasteiger partial charge in [-0.25, -0.2) is 0 Å². The van der Waals surface area contributed by atoms with Crippen LogP contribution in [0.3, 0.4) is 0 Å². The van der Waals surface area contributed by atoms with Crippen molar-refractivity contribution in [2.45, 2.75) is 11.4 Å². The second-order valence-corrected chi connectivity index (χ2v) is 5.78. The minimum Gasteiger partial charge on any atom is -0.324 e. The number of hydrogen-bond donors (Lipinski definition) is 2. The summed E-state index contributed by atoms with van der Waals surface area (Å²) in [5.41, 5.74) is 5.58. The number of amides is 2. The van der Waals surface area contributed by atoms with E-state index in [4.69, 9.17) is 29.6 Å². The first-order valence-electron chi connectivity index (χ1n) is 5.43. The van der Waals surface area contributed by atoms with Crippen LogP contribution >= 0.6 is 34.5 Å². The number of nitrogens with zero attached hydrogens (tertiary/aromatic N) is 1. The second kappa shape index (κ2) is 6.18. The number of halogens is 2. The molecule has 0 aromatic carbocycles. The van der Waals surface area contributed by atoms with E-state index in [1.165, 1.54) is 11.3 Å². The molecule has 104 valence electrons. The van der Waals surface area contributed by atoms with E-state index < -0.39 is 16.7 Å². The predicted molar refractivity (Wildman–Crippen MR) is 79.8 cm³/mol. The van der Waals surface area contributed by atoms with Crippen LogP contribution in [0.5, 0.6) is 0 Å². The summed E-state index contributed by atoms with van der Waals surface area (Å²) in [6.45, 7) is 0.255. The number of thiophene rings is 1. The van der Waals surface area contributed by atoms with Crippen molar-refractivity contribution >= 4 is 56.6 Å². The standard InChI is InChI=1S/C12H9Cl2N3O2S/c1-2-4-17-7-3-5-20-9(7)6-8(17)11(18)15-16-12(19)10(13)14/h1,3,5-6,10H,4H2,(H,15,18)(H,16,19). The van der Waals surface area contributed by atoms with Gasteiger partial charge in [-0.05, 0) is 17.5 Å². The first-order chi connectivity index (χ1) is 9.54. The average Bonchev–Trinajstić information content (AvgIpc) is 2.98. The summed E-state index contributed by atoms with van der Waals surface area (Å²) in [6, 6.07) is 3.58. The molecule has 2 heterocycles. The van der Waals surface area contributed by atoms with Crippen molar-refractivity contribution in [3.8, 4) is 12.3 Å². The molecule has 0 aliphatic heterocycles. The Kier molecular flexibility index (Phi) is 4.55. The summed E-state index contributed by atoms with van der Waals surface area (Å²) < 4.78 is 2.62. The van der Waals surface area contributed by atoms with Gasteiger partial charge in [0.15, 0.2) is 4.84 Å². The summed E-state index contributed by atoms with van der Waals surface area (Å²) in [7, 11) is 0. The molecule has 0 radical (unpaired) electrons. The molecule has 2 amide bonds. The third kappa shape index (κ3) is 2.90. The molecular formula is C12H9Cl2N3O2S. The molecule has 0 atom stereocenters. The number of aromatic nitrogens is 1. The third-order valence-electron chi connectivity index (χ3n) is 2.50. The number of rotatable bonds is 3. The van der Waals surface area contributed by atoms with Crippen LogP contribution in [0, 0.1) is 12.3 Å². The average molecular weight is 330 g/mol. The highest BCUT2D eigenvalue weighted by molar-refractivity contribution is 7.17. The predicted octanol–water partition coefficient (Wildman–Crippen LogP) is 1.90. The van der Waals surface area contributed by atoms with E-state index >= 15 is 0 Å². The van der Waals surface area contributed by atoms with Gasteiger partial charge in [0.2, 0.25) is 0 Å². The fourth-order valence-electron chi connectivity index (χ4n) is 1.66. The Labute approximate surface area is 128 Å². The van der Waals surface area contributed by atoms with Gasteiger partial charge in [0.1, 0.15) is 5.69 Å². The van der Waals surface area contributed by atoms with Gasteiger partial charge < -0.3 is 4.57 Å². The Balaban J connectivity index is 2.21. The highest BCUT2D eigenvalue weighted by Gasteiger charge is 2.17. The molecule has 0 spiro atoms. The summed E-state index contributed by atoms with van der Waals surface area (Å²) in [5.74, 6) is 1.28. The molecule has 0 aliphatic carbocycles. The summed E-state index contributed by atoms with van der Waals surface area (Å²) >= 11 is 12.2. The number of carbonyl (C=O) groups is 2. The molecule has 0 saturated heterocycles. The molecule has 0 fully saturated rings. The second-order valence-electron chi connectivity index (χ2n) is 3.73. The molecule has 5 nitrogen and oxygen atoms in total. The molecule has 8 heteroatoms. The molecule has 2 aromatic heterocycles. The van der Waals surface area contributed by atoms with Crippen molar-refractivity contribution in [2.75, 3.05) is 0 Å². The minimum atomic E-state index is -1.25. The summed E-state index contributed by atoms with van der Waals surface area (Å²) in [5, 5.41) is 1.91. The van der Waals surface area contributed by atoms with Crippen LogP contribution in [0.15, 0.2) is 17.5 Å². The van der Waals surface area contributed by atoms with E-state index in [1.54, 1.807) is 10.6 Å². The zero-order valence-corrected chi connectivity index (χ0v) is 12.4. The van der Waals surface area contributed by atoms with Gasteiger partial charge in [0, 0.05) is 0 Å². The van der Waals surface area contributed by atoms with Crippen molar-refractivity contribution in [1.82, 2.24) is 15.4 Å². The van der Waals surface area contributed by atoms with Crippen LogP contribution in [0.25, 0.3) is 10.2 Å². The molecule has 0 unspecified atom stereocenters. The van der Waals surface area contributed by atoms with Crippen LogP contribution in [0.4, 0.5) is 0 Å². The first kappa shape index (κ1) is 14.7. The van der Waals surface area contributed by atoms with Crippen molar-refractivity contribution in [1.29, 1.82) is 0 Å². The maximum absolute atomic E-state index is 12.0. The fourth-order valence-corrected chi connectivity index (χ4v) is 2.60. The lowest BCUT2D eigenvalue weighted by Crippen LogP contribution is -2.44. The fraction of sp³-hybridized carbons (Fsp3) is 0.167. The maximum Gasteiger partial charge on any atom is 0.286 e. The van der Waals surface area contributed by atoms with Gasteiger partial charge in [-0.1, -0.05) is 29.1 Å². The third-order valence-corrected chi connectivity index (χ3v) is 3.75. The lowest BCUT2D eigenvalue weighted by Gasteiger charge is -2.09. The summed E-state index contributed by atoms with van der Waals surface area (Å²) in [6.07, 6.45) is 5.31. The quantitative estimate of drug-likeness (QED) is 0.513. The van der Waals surface area contributed by atoms with Crippen LogP contribution < -0.4 is 10.9 Å². The van der Waals surface area contributed by atoms with E-state index in [1.807, 2.05) is 11.4 Å². The van der Waals surface area contributed by atoms with Gasteiger partial charge in [0.25, 0.3) is 11.8 Å². The van der Waals surface area contributed by atoms with Crippen LogP contribution in [0.1, 0.15) is 10.5 Å². The topological polar surface area (TPSA) is 63.1 Å². The van der Waals surface area contributed by atoms with Crippen LogP contribution in [-0.4, -0.2) is 21.2 Å². The van der Waals surface area contributed by atoms with Crippen molar-refractivity contribution in [3.63, 3.8) is 0 Å². The SMILES string of the molecule is C#CCn1c(C(=O)NNC(=O)C(Cl)Cl)cc2sccc21. The summed E-state index contributed by atoms with van der Waals surface area (Å²) in [4.78, 5) is 22.0. The smallest absolute Gasteiger partial charge is 0.286 e. The number of fused-ring (bicyclic) bond motifs is 1. The molecule has 2 rings (SSSR count). The Hall–Kier alpha value is -1.68. The number of alkyl halides is 2. The first-order valence-corrected chi connectivity index (χ1v) is 7.18. The van der Waals surface area contributed by atoms with E-state index in [-0.39, 0.29) is 6.54 Å². The zero-order valence-electron chi connectivity index (χ0n) is 10.0. The van der Waals surface area contributed by atoms with E-state index in [0.29, 0.717) is 5.69 Å².